The first-order valence-corrected chi connectivity index (χ1v) is 17.5. The molecular formula is C34H64O7. The van der Waals surface area contributed by atoms with E-state index in [4.69, 9.17) is 14.6 Å². The summed E-state index contributed by atoms with van der Waals surface area (Å²) in [5.41, 5.74) is 0. The van der Waals surface area contributed by atoms with Crippen molar-refractivity contribution in [1.29, 1.82) is 0 Å². The minimum absolute atomic E-state index is 0.0448. The molecule has 0 saturated carbocycles. The van der Waals surface area contributed by atoms with E-state index >= 15 is 0 Å². The van der Waals surface area contributed by atoms with Gasteiger partial charge in [-0.1, -0.05) is 110 Å². The second kappa shape index (κ2) is 22.8. The van der Waals surface area contributed by atoms with Crippen LogP contribution >= 0.6 is 0 Å². The molecule has 0 aromatic carbocycles. The summed E-state index contributed by atoms with van der Waals surface area (Å²) in [5, 5.41) is 39.8. The van der Waals surface area contributed by atoms with Crippen LogP contribution in [0.15, 0.2) is 0 Å². The lowest BCUT2D eigenvalue weighted by molar-refractivity contribution is -0.137. The Morgan fingerprint density at radius 1 is 0.585 bits per heavy atom. The van der Waals surface area contributed by atoms with Gasteiger partial charge in [0, 0.05) is 6.42 Å². The average molecular weight is 585 g/mol. The van der Waals surface area contributed by atoms with E-state index in [-0.39, 0.29) is 36.9 Å². The summed E-state index contributed by atoms with van der Waals surface area (Å²) in [7, 11) is 0. The van der Waals surface area contributed by atoms with Crippen LogP contribution in [0.2, 0.25) is 0 Å². The molecule has 7 atom stereocenters. The summed E-state index contributed by atoms with van der Waals surface area (Å²) < 4.78 is 12.5. The van der Waals surface area contributed by atoms with E-state index in [0.29, 0.717) is 12.8 Å². The van der Waals surface area contributed by atoms with Crippen molar-refractivity contribution in [3.63, 3.8) is 0 Å². The number of carboxylic acid groups (broad SMARTS) is 1. The zero-order valence-electron chi connectivity index (χ0n) is 26.2. The SMILES string of the molecule is CCCCCCCCCC[C@H](O)[C@H]1CC[C@H]([C@H]2CC[C@H]([C@H](O)CCCCCCCCCC[C@H](O)CCC(=O)O)O2)O1. The number of rotatable bonds is 26. The van der Waals surface area contributed by atoms with Gasteiger partial charge in [0.25, 0.3) is 0 Å². The molecule has 0 aromatic rings. The van der Waals surface area contributed by atoms with Gasteiger partial charge in [0.1, 0.15) is 0 Å². The highest BCUT2D eigenvalue weighted by Crippen LogP contribution is 2.34. The minimum atomic E-state index is -0.843. The standard InChI is InChI=1S/C34H64O7/c1-2-3-4-5-6-10-13-16-19-28(36)30-22-24-32(40-30)33-25-23-31(41-33)29(37)20-17-14-11-8-7-9-12-15-18-27(35)21-26-34(38)39/h27-33,35-37H,2-26H2,1H3,(H,38,39)/t27-,28-,29+,30+,31+,32+,33+/m0/s1. The van der Waals surface area contributed by atoms with Crippen LogP contribution in [-0.2, 0) is 14.3 Å². The summed E-state index contributed by atoms with van der Waals surface area (Å²) in [5.74, 6) is -0.843. The first-order chi connectivity index (χ1) is 19.9. The smallest absolute Gasteiger partial charge is 0.303 e. The number of carboxylic acids is 1. The maximum absolute atomic E-state index is 10.7. The molecule has 7 heteroatoms. The summed E-state index contributed by atoms with van der Waals surface area (Å²) in [6, 6.07) is 0. The van der Waals surface area contributed by atoms with Crippen LogP contribution in [0.1, 0.15) is 167 Å². The van der Waals surface area contributed by atoms with Crippen LogP contribution in [0.5, 0.6) is 0 Å². The normalized spacial score (nSPS) is 25.0. The van der Waals surface area contributed by atoms with Crippen molar-refractivity contribution >= 4 is 5.97 Å². The topological polar surface area (TPSA) is 116 Å². The van der Waals surface area contributed by atoms with E-state index in [1.54, 1.807) is 0 Å². The van der Waals surface area contributed by atoms with Crippen molar-refractivity contribution in [2.45, 2.75) is 210 Å². The van der Waals surface area contributed by atoms with Crippen LogP contribution in [0, 0.1) is 0 Å². The lowest BCUT2D eigenvalue weighted by Crippen LogP contribution is -2.33. The monoisotopic (exact) mass is 584 g/mol. The second-order valence-corrected chi connectivity index (χ2v) is 13.0. The Bertz CT molecular complexity index is 645. The van der Waals surface area contributed by atoms with E-state index < -0.39 is 18.2 Å². The van der Waals surface area contributed by atoms with E-state index in [1.807, 2.05) is 0 Å². The molecular weight excluding hydrogens is 520 g/mol. The number of aliphatic carboxylic acids is 1. The van der Waals surface area contributed by atoms with Gasteiger partial charge in [-0.2, -0.15) is 0 Å². The Balaban J connectivity index is 1.44. The molecule has 41 heavy (non-hydrogen) atoms. The van der Waals surface area contributed by atoms with E-state index in [1.165, 1.54) is 64.2 Å². The molecule has 2 heterocycles. The second-order valence-electron chi connectivity index (χ2n) is 13.0. The first kappa shape index (κ1) is 36.5. The molecule has 0 spiro atoms. The zero-order valence-corrected chi connectivity index (χ0v) is 26.2. The van der Waals surface area contributed by atoms with Crippen molar-refractivity contribution in [3.8, 4) is 0 Å². The fourth-order valence-electron chi connectivity index (χ4n) is 6.58. The van der Waals surface area contributed by atoms with Crippen LogP contribution in [0.4, 0.5) is 0 Å². The average Bonchev–Trinajstić information content (AvgIpc) is 3.65. The minimum Gasteiger partial charge on any atom is -0.481 e. The van der Waals surface area contributed by atoms with Crippen LogP contribution in [0.3, 0.4) is 0 Å². The molecule has 0 amide bonds. The molecule has 0 radical (unpaired) electrons. The van der Waals surface area contributed by atoms with Crippen molar-refractivity contribution in [2.75, 3.05) is 0 Å². The van der Waals surface area contributed by atoms with Gasteiger partial charge in [-0.15, -0.1) is 0 Å². The highest BCUT2D eigenvalue weighted by atomic mass is 16.6. The Labute approximate surface area is 250 Å². The molecule has 242 valence electrons. The van der Waals surface area contributed by atoms with E-state index in [0.717, 1.165) is 77.0 Å². The zero-order chi connectivity index (χ0) is 29.7. The van der Waals surface area contributed by atoms with Gasteiger partial charge >= 0.3 is 5.97 Å². The number of hydrogen-bond acceptors (Lipinski definition) is 6. The molecule has 2 fully saturated rings. The van der Waals surface area contributed by atoms with Crippen molar-refractivity contribution in [3.05, 3.63) is 0 Å². The molecule has 0 aromatic heterocycles. The Morgan fingerprint density at radius 3 is 1.39 bits per heavy atom. The number of unbranched alkanes of at least 4 members (excludes halogenated alkanes) is 14. The molecule has 0 bridgehead atoms. The van der Waals surface area contributed by atoms with Gasteiger partial charge in [-0.25, -0.2) is 0 Å². The Morgan fingerprint density at radius 2 is 0.976 bits per heavy atom. The van der Waals surface area contributed by atoms with Gasteiger partial charge < -0.3 is 29.9 Å². The molecule has 2 aliphatic rings. The van der Waals surface area contributed by atoms with E-state index in [2.05, 4.69) is 6.92 Å². The molecule has 0 unspecified atom stereocenters. The number of ether oxygens (including phenoxy) is 2. The number of aliphatic hydroxyl groups excluding tert-OH is 3. The van der Waals surface area contributed by atoms with Crippen LogP contribution < -0.4 is 0 Å². The highest BCUT2D eigenvalue weighted by molar-refractivity contribution is 5.66. The largest absolute Gasteiger partial charge is 0.481 e. The molecule has 4 N–H and O–H groups in total. The summed E-state index contributed by atoms with van der Waals surface area (Å²) in [6.45, 7) is 2.25. The van der Waals surface area contributed by atoms with Crippen LogP contribution in [0.25, 0.3) is 0 Å². The summed E-state index contributed by atoms with van der Waals surface area (Å²) >= 11 is 0. The summed E-state index contributed by atoms with van der Waals surface area (Å²) in [4.78, 5) is 10.5. The third-order valence-electron chi connectivity index (χ3n) is 9.28. The maximum atomic E-state index is 10.7. The van der Waals surface area contributed by atoms with Crippen LogP contribution in [-0.4, -0.2) is 69.1 Å². The fourth-order valence-corrected chi connectivity index (χ4v) is 6.58. The van der Waals surface area contributed by atoms with Crippen molar-refractivity contribution < 1.29 is 34.7 Å². The maximum Gasteiger partial charge on any atom is 0.303 e. The van der Waals surface area contributed by atoms with E-state index in [9.17, 15) is 20.1 Å². The van der Waals surface area contributed by atoms with Gasteiger partial charge in [-0.05, 0) is 51.4 Å². The molecule has 2 aliphatic heterocycles. The molecule has 7 nitrogen and oxygen atoms in total. The fraction of sp³-hybridized carbons (Fsp3) is 0.971. The summed E-state index contributed by atoms with van der Waals surface area (Å²) in [6.07, 6.45) is 24.2. The lowest BCUT2D eigenvalue weighted by atomic mass is 10.00. The third-order valence-corrected chi connectivity index (χ3v) is 9.28. The van der Waals surface area contributed by atoms with Crippen molar-refractivity contribution in [2.24, 2.45) is 0 Å². The lowest BCUT2D eigenvalue weighted by Gasteiger charge is -2.24. The van der Waals surface area contributed by atoms with Crippen molar-refractivity contribution in [1.82, 2.24) is 0 Å². The Hall–Kier alpha value is -0.730. The number of aliphatic hydroxyl groups is 3. The van der Waals surface area contributed by atoms with Gasteiger partial charge in [0.05, 0.1) is 42.7 Å². The predicted octanol–water partition coefficient (Wildman–Crippen LogP) is 7.46. The predicted molar refractivity (Wildman–Crippen MR) is 164 cm³/mol. The third kappa shape index (κ3) is 16.6. The number of carbonyl (C=O) groups is 1. The number of hydrogen-bond donors (Lipinski definition) is 4. The van der Waals surface area contributed by atoms with Gasteiger partial charge in [0.2, 0.25) is 0 Å². The Kier molecular flexibility index (Phi) is 20.2. The quantitative estimate of drug-likeness (QED) is 0.0780. The highest BCUT2D eigenvalue weighted by Gasteiger charge is 2.40. The van der Waals surface area contributed by atoms with Gasteiger partial charge in [-0.3, -0.25) is 4.79 Å². The van der Waals surface area contributed by atoms with Gasteiger partial charge in [0.15, 0.2) is 0 Å². The molecule has 2 saturated heterocycles. The first-order valence-electron chi connectivity index (χ1n) is 17.5. The molecule has 0 aliphatic carbocycles. The molecule has 2 rings (SSSR count).